The fourth-order valence-electron chi connectivity index (χ4n) is 0.265. The average molecular weight is 384 g/mol. The van der Waals surface area contributed by atoms with Crippen molar-refractivity contribution in [3.05, 3.63) is 0 Å². The van der Waals surface area contributed by atoms with E-state index in [2.05, 4.69) is 42.0 Å². The summed E-state index contributed by atoms with van der Waals surface area (Å²) in [4.78, 5) is 10.2. The van der Waals surface area contributed by atoms with Gasteiger partial charge in [0, 0.05) is 0 Å². The Hall–Kier alpha value is 1.45. The molecular formula is C3H6Br3GeNO. The van der Waals surface area contributed by atoms with Crippen LogP contribution in [-0.4, -0.2) is 13.6 Å². The van der Waals surface area contributed by atoms with Crippen LogP contribution in [0.4, 0.5) is 0 Å². The van der Waals surface area contributed by atoms with Gasteiger partial charge in [-0.15, -0.1) is 0 Å². The molecule has 54 valence electrons. The zero-order valence-corrected chi connectivity index (χ0v) is 11.4. The maximum atomic E-state index is 10.2. The van der Waals surface area contributed by atoms with E-state index < -0.39 is 7.74 Å². The Morgan fingerprint density at radius 2 is 1.89 bits per heavy atom. The van der Waals surface area contributed by atoms with Crippen LogP contribution in [-0.2, 0) is 4.79 Å². The molecule has 6 heteroatoms. The zero-order valence-electron chi connectivity index (χ0n) is 4.53. The Morgan fingerprint density at radius 1 is 1.44 bits per heavy atom. The van der Waals surface area contributed by atoms with Crippen molar-refractivity contribution in [2.45, 2.75) is 11.7 Å². The first-order valence-electron chi connectivity index (χ1n) is 2.27. The van der Waals surface area contributed by atoms with Crippen LogP contribution in [0.15, 0.2) is 0 Å². The van der Waals surface area contributed by atoms with Crippen molar-refractivity contribution in [1.82, 2.24) is 0 Å². The van der Waals surface area contributed by atoms with Crippen LogP contribution < -0.4 is 5.73 Å². The first-order valence-corrected chi connectivity index (χ1v) is 18.5. The summed E-state index contributed by atoms with van der Waals surface area (Å²) >= 11 is 10.3. The molecule has 0 aliphatic rings. The van der Waals surface area contributed by atoms with E-state index in [0.717, 1.165) is 5.25 Å². The van der Waals surface area contributed by atoms with Crippen LogP contribution in [0, 0.1) is 0 Å². The summed E-state index contributed by atoms with van der Waals surface area (Å²) in [5, 5.41) is 0.815. The molecule has 0 unspecified atom stereocenters. The second-order valence-electron chi connectivity index (χ2n) is 1.58. The molecule has 0 saturated heterocycles. The minimum absolute atomic E-state index is 0.247. The van der Waals surface area contributed by atoms with Crippen molar-refractivity contribution >= 4 is 55.7 Å². The number of primary amides is 1. The molecule has 0 fully saturated rings. The third kappa shape index (κ3) is 9.45. The average Bonchev–Trinajstić information content (AvgIpc) is 1.59. The number of halogens is 3. The molecule has 0 aliphatic carbocycles. The molecule has 0 saturated carbocycles. The van der Waals surface area contributed by atoms with Gasteiger partial charge in [0.05, 0.1) is 0 Å². The van der Waals surface area contributed by atoms with Gasteiger partial charge < -0.3 is 0 Å². The van der Waals surface area contributed by atoms with Gasteiger partial charge in [0.2, 0.25) is 0 Å². The molecule has 0 aromatic carbocycles. The van der Waals surface area contributed by atoms with E-state index in [1.54, 1.807) is 0 Å². The summed E-state index contributed by atoms with van der Waals surface area (Å²) < 4.78 is 0. The van der Waals surface area contributed by atoms with Gasteiger partial charge in [0.1, 0.15) is 0 Å². The van der Waals surface area contributed by atoms with Gasteiger partial charge in [-0.05, 0) is 0 Å². The summed E-state index contributed by atoms with van der Waals surface area (Å²) in [6.07, 6.45) is 0.446. The molecule has 2 N–H and O–H groups in total. The van der Waals surface area contributed by atoms with E-state index >= 15 is 0 Å². The summed E-state index contributed by atoms with van der Waals surface area (Å²) in [7, 11) is -2.02. The van der Waals surface area contributed by atoms with E-state index in [0.29, 0.717) is 6.42 Å². The Balaban J connectivity index is 3.39. The predicted molar refractivity (Wildman–Crippen MR) is 51.2 cm³/mol. The molecule has 0 radical (unpaired) electrons. The third-order valence-electron chi connectivity index (χ3n) is 0.655. The van der Waals surface area contributed by atoms with E-state index in [9.17, 15) is 4.79 Å². The molecule has 0 rings (SSSR count). The standard InChI is InChI=1S/C3H6Br3GeNO/c4-7(5,6)2-1-3(8)9/h1-2H2,(H2,8,9). The first kappa shape index (κ1) is 10.5. The van der Waals surface area contributed by atoms with Crippen molar-refractivity contribution < 1.29 is 4.79 Å². The summed E-state index contributed by atoms with van der Waals surface area (Å²) in [6, 6.07) is 0. The van der Waals surface area contributed by atoms with Crippen LogP contribution >= 0.6 is 42.0 Å². The van der Waals surface area contributed by atoms with Gasteiger partial charge in [0.15, 0.2) is 0 Å². The molecule has 2 nitrogen and oxygen atoms in total. The molecule has 0 bridgehead atoms. The van der Waals surface area contributed by atoms with Gasteiger partial charge in [0.25, 0.3) is 0 Å². The molecule has 0 spiro atoms. The van der Waals surface area contributed by atoms with Crippen molar-refractivity contribution in [1.29, 1.82) is 0 Å². The monoisotopic (exact) mass is 383 g/mol. The number of rotatable bonds is 3. The van der Waals surface area contributed by atoms with Gasteiger partial charge in [-0.1, -0.05) is 0 Å². The van der Waals surface area contributed by atoms with Crippen molar-refractivity contribution in [3.63, 3.8) is 0 Å². The van der Waals surface area contributed by atoms with Gasteiger partial charge >= 0.3 is 77.9 Å². The molecule has 0 atom stereocenters. The summed E-state index contributed by atoms with van der Waals surface area (Å²) in [5.74, 6) is -0.247. The number of carbonyl (C=O) groups excluding carboxylic acids is 1. The molecule has 9 heavy (non-hydrogen) atoms. The second kappa shape index (κ2) is 4.36. The number of hydrogen-bond acceptors (Lipinski definition) is 1. The molecule has 1 amide bonds. The van der Waals surface area contributed by atoms with Crippen LogP contribution in [0.25, 0.3) is 0 Å². The topological polar surface area (TPSA) is 43.1 Å². The van der Waals surface area contributed by atoms with E-state index in [-0.39, 0.29) is 5.91 Å². The SMILES string of the molecule is NC(=O)C[CH2][Ge]([Br])([Br])[Br]. The number of hydrogen-bond donors (Lipinski definition) is 1. The zero-order chi connectivity index (χ0) is 7.49. The van der Waals surface area contributed by atoms with E-state index in [1.807, 2.05) is 0 Å². The van der Waals surface area contributed by atoms with Gasteiger partial charge in [-0.3, -0.25) is 0 Å². The van der Waals surface area contributed by atoms with Crippen molar-refractivity contribution in [3.8, 4) is 0 Å². The van der Waals surface area contributed by atoms with Crippen LogP contribution in [0.3, 0.4) is 0 Å². The van der Waals surface area contributed by atoms with Crippen LogP contribution in [0.1, 0.15) is 6.42 Å². The van der Waals surface area contributed by atoms with Crippen LogP contribution in [0.2, 0.25) is 5.25 Å². The Labute approximate surface area is 77.1 Å². The van der Waals surface area contributed by atoms with Gasteiger partial charge in [-0.25, -0.2) is 0 Å². The van der Waals surface area contributed by atoms with Crippen LogP contribution in [0.5, 0.6) is 0 Å². The Bertz CT molecular complexity index is 112. The Morgan fingerprint density at radius 3 is 2.00 bits per heavy atom. The molecule has 0 aromatic heterocycles. The number of carbonyl (C=O) groups is 1. The van der Waals surface area contributed by atoms with Crippen molar-refractivity contribution in [2.24, 2.45) is 5.73 Å². The minimum atomic E-state index is -2.02. The Kier molecular flexibility index (Phi) is 5.06. The van der Waals surface area contributed by atoms with Gasteiger partial charge in [-0.2, -0.15) is 0 Å². The fraction of sp³-hybridized carbons (Fsp3) is 0.667. The quantitative estimate of drug-likeness (QED) is 0.743. The third-order valence-corrected chi connectivity index (χ3v) is 8.55. The molecule has 0 aliphatic heterocycles. The maximum absolute atomic E-state index is 10.2. The molecule has 0 heterocycles. The predicted octanol–water partition coefficient (Wildman–Crippen LogP) is 1.99. The second-order valence-corrected chi connectivity index (χ2v) is 42.9. The summed E-state index contributed by atoms with van der Waals surface area (Å²) in [5.41, 5.74) is 4.93. The van der Waals surface area contributed by atoms with E-state index in [4.69, 9.17) is 5.73 Å². The fourth-order valence-corrected chi connectivity index (χ4v) is 4.47. The van der Waals surface area contributed by atoms with Crippen molar-refractivity contribution in [2.75, 3.05) is 0 Å². The number of amides is 1. The normalized spacial score (nSPS) is 11.4. The van der Waals surface area contributed by atoms with E-state index in [1.165, 1.54) is 0 Å². The first-order chi connectivity index (χ1) is 3.92. The molecule has 0 aromatic rings. The summed E-state index contributed by atoms with van der Waals surface area (Å²) in [6.45, 7) is 0. The number of nitrogens with two attached hydrogens (primary N) is 1. The molecular weight excluding hydrogens is 378 g/mol.